The van der Waals surface area contributed by atoms with Crippen LogP contribution >= 0.6 is 0 Å². The molecule has 0 fully saturated rings. The van der Waals surface area contributed by atoms with Crippen LogP contribution in [0.1, 0.15) is 328 Å². The summed E-state index contributed by atoms with van der Waals surface area (Å²) in [6.07, 6.45) is 70.9. The third-order valence-electron chi connectivity index (χ3n) is 14.0. The molecule has 0 bridgehead atoms. The van der Waals surface area contributed by atoms with Gasteiger partial charge in [0.15, 0.2) is 0 Å². The molecule has 65 heavy (non-hydrogen) atoms. The van der Waals surface area contributed by atoms with Crippen LogP contribution in [0.3, 0.4) is 0 Å². The number of aliphatic hydroxyl groups is 3. The molecule has 0 aromatic heterocycles. The van der Waals surface area contributed by atoms with Gasteiger partial charge in [0.2, 0.25) is 5.91 Å². The maximum absolute atomic E-state index is 12.5. The molecule has 0 aliphatic heterocycles. The Hall–Kier alpha value is -1.17. The number of unbranched alkanes of at least 4 members (excludes halogenated alkanes) is 44. The van der Waals surface area contributed by atoms with Gasteiger partial charge in [-0.25, -0.2) is 0 Å². The van der Waals surface area contributed by atoms with Crippen LogP contribution in [-0.2, 0) is 4.79 Å². The van der Waals surface area contributed by atoms with Crippen molar-refractivity contribution in [1.29, 1.82) is 0 Å². The molecule has 386 valence electrons. The molecule has 0 saturated heterocycles. The van der Waals surface area contributed by atoms with Crippen molar-refractivity contribution < 1.29 is 20.1 Å². The summed E-state index contributed by atoms with van der Waals surface area (Å²) in [7, 11) is 0. The molecule has 0 radical (unpaired) electrons. The van der Waals surface area contributed by atoms with Crippen LogP contribution in [0, 0.1) is 0 Å². The number of carbonyl (C=O) groups excluding carboxylic acids is 1. The highest BCUT2D eigenvalue weighted by molar-refractivity contribution is 5.76. The quantitative estimate of drug-likeness (QED) is 0.0361. The van der Waals surface area contributed by atoms with Crippen LogP contribution in [-0.4, -0.2) is 46.1 Å². The number of amides is 1. The second kappa shape index (κ2) is 55.4. The molecule has 1 amide bonds. The zero-order valence-electron chi connectivity index (χ0n) is 44.1. The molecule has 0 spiro atoms. The van der Waals surface area contributed by atoms with Crippen molar-refractivity contribution in [3.8, 4) is 0 Å². The molecule has 0 aliphatic rings. The van der Waals surface area contributed by atoms with E-state index in [1.165, 1.54) is 276 Å². The average Bonchev–Trinajstić information content (AvgIpc) is 3.30. The third kappa shape index (κ3) is 52.1. The van der Waals surface area contributed by atoms with E-state index in [1.807, 2.05) is 6.08 Å². The first kappa shape index (κ1) is 63.8. The molecule has 0 heterocycles. The Morgan fingerprint density at radius 2 is 0.646 bits per heavy atom. The van der Waals surface area contributed by atoms with Crippen molar-refractivity contribution in [2.45, 2.75) is 347 Å². The van der Waals surface area contributed by atoms with Crippen molar-refractivity contribution in [3.63, 3.8) is 0 Å². The van der Waals surface area contributed by atoms with E-state index in [1.54, 1.807) is 6.08 Å². The summed E-state index contributed by atoms with van der Waals surface area (Å²) in [5, 5.41) is 33.5. The molecule has 3 unspecified atom stereocenters. The summed E-state index contributed by atoms with van der Waals surface area (Å²) in [5.74, 6) is -0.311. The predicted octanol–water partition coefficient (Wildman–Crippen LogP) is 18.5. The second-order valence-corrected chi connectivity index (χ2v) is 20.6. The van der Waals surface area contributed by atoms with Crippen LogP contribution in [0.5, 0.6) is 0 Å². The molecule has 0 rings (SSSR count). The number of carbonyl (C=O) groups is 1. The van der Waals surface area contributed by atoms with Crippen LogP contribution in [0.15, 0.2) is 24.3 Å². The summed E-state index contributed by atoms with van der Waals surface area (Å²) >= 11 is 0. The van der Waals surface area contributed by atoms with E-state index >= 15 is 0 Å². The van der Waals surface area contributed by atoms with Crippen LogP contribution in [0.4, 0.5) is 0 Å². The Balaban J connectivity index is 3.55. The summed E-state index contributed by atoms with van der Waals surface area (Å²) in [4.78, 5) is 12.5. The fraction of sp³-hybridized carbons (Fsp3) is 0.917. The first-order valence-corrected chi connectivity index (χ1v) is 29.6. The second-order valence-electron chi connectivity index (χ2n) is 20.6. The lowest BCUT2D eigenvalue weighted by Gasteiger charge is -2.21. The van der Waals surface area contributed by atoms with Crippen LogP contribution < -0.4 is 5.32 Å². The molecule has 5 heteroatoms. The highest BCUT2D eigenvalue weighted by Crippen LogP contribution is 2.18. The Morgan fingerprint density at radius 1 is 0.385 bits per heavy atom. The number of rotatable bonds is 55. The molecule has 5 nitrogen and oxygen atoms in total. The van der Waals surface area contributed by atoms with Crippen molar-refractivity contribution in [2.24, 2.45) is 0 Å². The summed E-state index contributed by atoms with van der Waals surface area (Å²) in [5.41, 5.74) is 0. The number of allylic oxidation sites excluding steroid dienone is 3. The minimum Gasteiger partial charge on any atom is -0.394 e. The van der Waals surface area contributed by atoms with Gasteiger partial charge in [-0.1, -0.05) is 301 Å². The van der Waals surface area contributed by atoms with Gasteiger partial charge in [-0.05, 0) is 44.9 Å². The largest absolute Gasteiger partial charge is 0.394 e. The van der Waals surface area contributed by atoms with Gasteiger partial charge in [-0.15, -0.1) is 0 Å². The average molecular weight is 917 g/mol. The molecule has 0 aromatic rings. The van der Waals surface area contributed by atoms with E-state index in [0.717, 1.165) is 25.7 Å². The van der Waals surface area contributed by atoms with Gasteiger partial charge in [0.25, 0.3) is 0 Å². The molecule has 0 aromatic carbocycles. The molecule has 3 atom stereocenters. The van der Waals surface area contributed by atoms with Gasteiger partial charge in [0, 0.05) is 0 Å². The number of hydrogen-bond acceptors (Lipinski definition) is 4. The molecule has 0 aliphatic carbocycles. The van der Waals surface area contributed by atoms with E-state index in [4.69, 9.17) is 0 Å². The van der Waals surface area contributed by atoms with Crippen LogP contribution in [0.2, 0.25) is 0 Å². The SMILES string of the molecule is CCCCCCCCCCCCCC/C=C\CCCCCCCCCCCCC(O)CC(=O)NC(CO)C(O)/C=C/CCCCCCCCCCCCCCCCCCCCCCCC. The van der Waals surface area contributed by atoms with Gasteiger partial charge in [0.05, 0.1) is 31.3 Å². The topological polar surface area (TPSA) is 89.8 Å². The fourth-order valence-electron chi connectivity index (χ4n) is 9.46. The van der Waals surface area contributed by atoms with Gasteiger partial charge < -0.3 is 20.6 Å². The minimum atomic E-state index is -0.929. The molecule has 4 N–H and O–H groups in total. The van der Waals surface area contributed by atoms with Crippen molar-refractivity contribution in [2.75, 3.05) is 6.61 Å². The summed E-state index contributed by atoms with van der Waals surface area (Å²) in [6, 6.07) is -0.744. The Kier molecular flexibility index (Phi) is 54.4. The first-order valence-electron chi connectivity index (χ1n) is 29.6. The normalized spacial score (nSPS) is 13.4. The van der Waals surface area contributed by atoms with E-state index in [-0.39, 0.29) is 18.9 Å². The maximum Gasteiger partial charge on any atom is 0.222 e. The fourth-order valence-corrected chi connectivity index (χ4v) is 9.46. The Labute approximate surface area is 407 Å². The number of aliphatic hydroxyl groups excluding tert-OH is 3. The summed E-state index contributed by atoms with van der Waals surface area (Å²) < 4.78 is 0. The highest BCUT2D eigenvalue weighted by Gasteiger charge is 2.20. The van der Waals surface area contributed by atoms with Crippen LogP contribution in [0.25, 0.3) is 0 Å². The zero-order valence-corrected chi connectivity index (χ0v) is 44.1. The number of hydrogen-bond donors (Lipinski definition) is 4. The number of nitrogens with one attached hydrogen (secondary N) is 1. The lowest BCUT2D eigenvalue weighted by Crippen LogP contribution is -2.45. The van der Waals surface area contributed by atoms with Gasteiger partial charge in [-0.2, -0.15) is 0 Å². The monoisotopic (exact) mass is 916 g/mol. The molecular formula is C60H117NO4. The predicted molar refractivity (Wildman–Crippen MR) is 287 cm³/mol. The van der Waals surface area contributed by atoms with E-state index in [2.05, 4.69) is 31.3 Å². The lowest BCUT2D eigenvalue weighted by atomic mass is 10.0. The smallest absolute Gasteiger partial charge is 0.222 e. The lowest BCUT2D eigenvalue weighted by molar-refractivity contribution is -0.124. The van der Waals surface area contributed by atoms with Crippen molar-refractivity contribution in [3.05, 3.63) is 24.3 Å². The minimum absolute atomic E-state index is 0.0155. The van der Waals surface area contributed by atoms with Gasteiger partial charge in [-0.3, -0.25) is 4.79 Å². The highest BCUT2D eigenvalue weighted by atomic mass is 16.3. The van der Waals surface area contributed by atoms with Crippen molar-refractivity contribution >= 4 is 5.91 Å². The Morgan fingerprint density at radius 3 is 0.938 bits per heavy atom. The maximum atomic E-state index is 12.5. The first-order chi connectivity index (χ1) is 32.0. The van der Waals surface area contributed by atoms with Gasteiger partial charge in [0.1, 0.15) is 0 Å². The van der Waals surface area contributed by atoms with E-state index < -0.39 is 18.2 Å². The van der Waals surface area contributed by atoms with Crippen molar-refractivity contribution in [1.82, 2.24) is 5.32 Å². The zero-order chi connectivity index (χ0) is 47.2. The molecular weight excluding hydrogens is 799 g/mol. The standard InChI is InChI=1S/C60H117NO4/c1-3-5-7-9-11-13-15-17-19-21-23-25-27-29-30-31-33-35-37-39-41-43-45-47-49-51-53-57(63)55-60(65)61-58(56-62)59(64)54-52-50-48-46-44-42-40-38-36-34-32-28-26-24-22-20-18-16-14-12-10-8-6-4-2/h29-30,52,54,57-59,62-64H,3-28,31-51,53,55-56H2,1-2H3,(H,61,65)/b30-29-,54-52+. The van der Waals surface area contributed by atoms with Gasteiger partial charge >= 0.3 is 0 Å². The Bertz CT molecular complexity index is 967. The third-order valence-corrected chi connectivity index (χ3v) is 14.0. The summed E-state index contributed by atoms with van der Waals surface area (Å²) in [6.45, 7) is 4.26. The van der Waals surface area contributed by atoms with E-state index in [0.29, 0.717) is 6.42 Å². The van der Waals surface area contributed by atoms with E-state index in [9.17, 15) is 20.1 Å². The molecule has 0 saturated carbocycles.